The smallest absolute Gasteiger partial charge is 0.407 e. The predicted molar refractivity (Wildman–Crippen MR) is 124 cm³/mol. The molecule has 0 bridgehead atoms. The Kier molecular flexibility index (Phi) is 8.68. The molecule has 0 aliphatic rings. The number of unbranched alkanes of at least 4 members (excludes halogenated alkanes) is 1. The minimum atomic E-state index is -0.540. The largest absolute Gasteiger partial charge is 0.494 e. The first-order chi connectivity index (χ1) is 16.7. The minimum absolute atomic E-state index is 0.128. The van der Waals surface area contributed by atoms with E-state index in [-0.39, 0.29) is 5.75 Å². The number of aryl methyl sites for hydroxylation is 2. The maximum atomic E-state index is 14.1. The summed E-state index contributed by atoms with van der Waals surface area (Å²) in [7, 11) is 3.22. The van der Waals surface area contributed by atoms with Crippen LogP contribution in [0.2, 0.25) is 0 Å². The standard InChI is InChI=1S/C22H32FN9O3/c1-22(2,3)35-21(33)24-10-6-7-11-32-20(27-28-30-32)19(25-13-16-14-26-29-31(16)4)15-8-9-17(23)18(12-15)34-5/h8-9,12,14,19,25H,6-7,10-11,13H2,1-5H3,(H,24,33). The van der Waals surface area contributed by atoms with Crippen molar-refractivity contribution in [1.82, 2.24) is 45.8 Å². The van der Waals surface area contributed by atoms with E-state index in [9.17, 15) is 9.18 Å². The first-order valence-corrected chi connectivity index (χ1v) is 11.3. The van der Waals surface area contributed by atoms with Crippen LogP contribution < -0.4 is 15.4 Å². The molecule has 0 spiro atoms. The molecular weight excluding hydrogens is 457 g/mol. The van der Waals surface area contributed by atoms with Gasteiger partial charge < -0.3 is 14.8 Å². The Balaban J connectivity index is 1.69. The Labute approximate surface area is 203 Å². The Hall–Kier alpha value is -3.61. The molecule has 0 aliphatic carbocycles. The van der Waals surface area contributed by atoms with Gasteiger partial charge in [0.1, 0.15) is 5.60 Å². The van der Waals surface area contributed by atoms with Crippen LogP contribution in [-0.4, -0.2) is 60.5 Å². The number of rotatable bonds is 11. The number of nitrogens with one attached hydrogen (secondary N) is 2. The third-order valence-corrected chi connectivity index (χ3v) is 5.09. The summed E-state index contributed by atoms with van der Waals surface area (Å²) in [6.07, 6.45) is 2.65. The average Bonchev–Trinajstić information content (AvgIpc) is 3.42. The van der Waals surface area contributed by atoms with Crippen molar-refractivity contribution in [2.75, 3.05) is 13.7 Å². The molecule has 0 aliphatic heterocycles. The number of aromatic nitrogens is 7. The molecule has 3 aromatic rings. The highest BCUT2D eigenvalue weighted by molar-refractivity contribution is 5.67. The lowest BCUT2D eigenvalue weighted by Gasteiger charge is -2.20. The van der Waals surface area contributed by atoms with Gasteiger partial charge in [0, 0.05) is 26.7 Å². The number of carbonyl (C=O) groups is 1. The highest BCUT2D eigenvalue weighted by atomic mass is 19.1. The molecule has 13 heteroatoms. The van der Waals surface area contributed by atoms with Gasteiger partial charge in [0.05, 0.1) is 25.0 Å². The Morgan fingerprint density at radius 1 is 1.23 bits per heavy atom. The number of nitrogens with zero attached hydrogens (tertiary/aromatic N) is 7. The molecule has 12 nitrogen and oxygen atoms in total. The molecule has 0 fully saturated rings. The van der Waals surface area contributed by atoms with Crippen LogP contribution >= 0.6 is 0 Å². The number of alkyl carbamates (subject to hydrolysis) is 1. The van der Waals surface area contributed by atoms with Gasteiger partial charge in [0.25, 0.3) is 0 Å². The second kappa shape index (κ2) is 11.7. The molecule has 35 heavy (non-hydrogen) atoms. The van der Waals surface area contributed by atoms with E-state index in [4.69, 9.17) is 9.47 Å². The molecule has 1 unspecified atom stereocenters. The quantitative estimate of drug-likeness (QED) is 0.389. The zero-order valence-corrected chi connectivity index (χ0v) is 20.7. The van der Waals surface area contributed by atoms with Gasteiger partial charge in [-0.15, -0.1) is 10.2 Å². The fourth-order valence-electron chi connectivity index (χ4n) is 3.36. The van der Waals surface area contributed by atoms with E-state index in [1.54, 1.807) is 34.7 Å². The summed E-state index contributed by atoms with van der Waals surface area (Å²) in [5, 5.41) is 26.2. The van der Waals surface area contributed by atoms with Crippen LogP contribution in [0.5, 0.6) is 5.75 Å². The van der Waals surface area contributed by atoms with Crippen molar-refractivity contribution in [3.05, 3.63) is 47.3 Å². The van der Waals surface area contributed by atoms with Gasteiger partial charge >= 0.3 is 6.09 Å². The van der Waals surface area contributed by atoms with Crippen molar-refractivity contribution in [3.63, 3.8) is 0 Å². The molecule has 0 saturated carbocycles. The number of carbonyl (C=O) groups excluding carboxylic acids is 1. The third-order valence-electron chi connectivity index (χ3n) is 5.09. The highest BCUT2D eigenvalue weighted by Gasteiger charge is 2.23. The Morgan fingerprint density at radius 3 is 2.71 bits per heavy atom. The van der Waals surface area contributed by atoms with Gasteiger partial charge in [0.15, 0.2) is 17.4 Å². The van der Waals surface area contributed by atoms with Crippen molar-refractivity contribution in [1.29, 1.82) is 0 Å². The lowest BCUT2D eigenvalue weighted by molar-refractivity contribution is 0.0527. The van der Waals surface area contributed by atoms with Gasteiger partial charge in [-0.2, -0.15) is 0 Å². The number of hydrogen-bond donors (Lipinski definition) is 2. The second-order valence-electron chi connectivity index (χ2n) is 8.95. The summed E-state index contributed by atoms with van der Waals surface area (Å²) in [4.78, 5) is 11.8. The summed E-state index contributed by atoms with van der Waals surface area (Å²) < 4.78 is 27.8. The number of ether oxygens (including phenoxy) is 2. The highest BCUT2D eigenvalue weighted by Crippen LogP contribution is 2.26. The van der Waals surface area contributed by atoms with E-state index >= 15 is 0 Å². The lowest BCUT2D eigenvalue weighted by Crippen LogP contribution is -2.33. The Bertz CT molecular complexity index is 1110. The van der Waals surface area contributed by atoms with Crippen LogP contribution in [0.1, 0.15) is 56.7 Å². The van der Waals surface area contributed by atoms with E-state index < -0.39 is 23.6 Å². The molecule has 0 saturated heterocycles. The third kappa shape index (κ3) is 7.44. The van der Waals surface area contributed by atoms with Crippen LogP contribution in [0.25, 0.3) is 0 Å². The zero-order chi connectivity index (χ0) is 25.4. The van der Waals surface area contributed by atoms with Gasteiger partial charge in [-0.3, -0.25) is 10.00 Å². The van der Waals surface area contributed by atoms with Crippen LogP contribution in [0.4, 0.5) is 9.18 Å². The molecule has 2 heterocycles. The summed E-state index contributed by atoms with van der Waals surface area (Å²) in [6.45, 7) is 6.88. The van der Waals surface area contributed by atoms with Gasteiger partial charge in [-0.05, 0) is 61.7 Å². The number of amides is 1. The van der Waals surface area contributed by atoms with E-state index in [0.717, 1.165) is 17.7 Å². The first kappa shape index (κ1) is 26.0. The number of benzene rings is 1. The summed E-state index contributed by atoms with van der Waals surface area (Å²) in [5.41, 5.74) is 1.06. The fourth-order valence-corrected chi connectivity index (χ4v) is 3.36. The van der Waals surface area contributed by atoms with E-state index in [0.29, 0.717) is 31.9 Å². The van der Waals surface area contributed by atoms with Crippen LogP contribution in [-0.2, 0) is 24.9 Å². The molecular formula is C22H32FN9O3. The predicted octanol–water partition coefficient (Wildman–Crippen LogP) is 2.13. The molecule has 1 amide bonds. The number of methoxy groups -OCH3 is 1. The molecule has 2 aromatic heterocycles. The number of halogens is 1. The lowest BCUT2D eigenvalue weighted by atomic mass is 10.1. The van der Waals surface area contributed by atoms with Crippen molar-refractivity contribution >= 4 is 6.09 Å². The minimum Gasteiger partial charge on any atom is -0.494 e. The van der Waals surface area contributed by atoms with Crippen LogP contribution in [0.15, 0.2) is 24.4 Å². The average molecular weight is 490 g/mol. The molecule has 190 valence electrons. The first-order valence-electron chi connectivity index (χ1n) is 11.3. The zero-order valence-electron chi connectivity index (χ0n) is 20.7. The van der Waals surface area contributed by atoms with E-state index in [2.05, 4.69) is 36.5 Å². The molecule has 2 N–H and O–H groups in total. The molecule has 3 rings (SSSR count). The monoisotopic (exact) mass is 489 g/mol. The van der Waals surface area contributed by atoms with Gasteiger partial charge in [-0.1, -0.05) is 11.3 Å². The topological polar surface area (TPSA) is 134 Å². The van der Waals surface area contributed by atoms with Gasteiger partial charge in [0.2, 0.25) is 0 Å². The molecule has 1 aromatic carbocycles. The number of tetrazole rings is 1. The van der Waals surface area contributed by atoms with Crippen molar-refractivity contribution < 1.29 is 18.7 Å². The SMILES string of the molecule is COc1cc(C(NCc2cnnn2C)c2nnnn2CCCCNC(=O)OC(C)(C)C)ccc1F. The fraction of sp³-hybridized carbons (Fsp3) is 0.545. The van der Waals surface area contributed by atoms with Crippen molar-refractivity contribution in [3.8, 4) is 5.75 Å². The van der Waals surface area contributed by atoms with E-state index in [1.165, 1.54) is 13.2 Å². The molecule has 1 atom stereocenters. The number of hydrogen-bond acceptors (Lipinski definition) is 9. The normalized spacial score (nSPS) is 12.4. The van der Waals surface area contributed by atoms with Crippen molar-refractivity contribution in [2.45, 2.75) is 58.3 Å². The molecule has 0 radical (unpaired) electrons. The van der Waals surface area contributed by atoms with E-state index in [1.807, 2.05) is 20.8 Å². The van der Waals surface area contributed by atoms with Crippen molar-refractivity contribution in [2.24, 2.45) is 7.05 Å². The summed E-state index contributed by atoms with van der Waals surface area (Å²) in [5.74, 6) is 0.237. The van der Waals surface area contributed by atoms with Crippen LogP contribution in [0, 0.1) is 5.82 Å². The second-order valence-corrected chi connectivity index (χ2v) is 8.95. The Morgan fingerprint density at radius 2 is 2.03 bits per heavy atom. The summed E-state index contributed by atoms with van der Waals surface area (Å²) >= 11 is 0. The maximum Gasteiger partial charge on any atom is 0.407 e. The summed E-state index contributed by atoms with van der Waals surface area (Å²) in [6, 6.07) is 4.19. The maximum absolute atomic E-state index is 14.1. The van der Waals surface area contributed by atoms with Gasteiger partial charge in [-0.25, -0.2) is 13.9 Å². The van der Waals surface area contributed by atoms with Crippen LogP contribution in [0.3, 0.4) is 0 Å².